The molecule has 1 aromatic heterocycles. The van der Waals surface area contributed by atoms with E-state index in [2.05, 4.69) is 12.2 Å². The summed E-state index contributed by atoms with van der Waals surface area (Å²) in [5.41, 5.74) is 3.02. The Bertz CT molecular complexity index is 635. The smallest absolute Gasteiger partial charge is 0.306 e. The Kier molecular flexibility index (Phi) is 6.35. The lowest BCUT2D eigenvalue weighted by Gasteiger charge is -2.13. The highest BCUT2D eigenvalue weighted by Gasteiger charge is 2.17. The van der Waals surface area contributed by atoms with E-state index in [4.69, 9.17) is 4.74 Å². The Morgan fingerprint density at radius 2 is 1.91 bits per heavy atom. The van der Waals surface area contributed by atoms with E-state index in [9.17, 15) is 9.59 Å². The topological polar surface area (TPSA) is 55.4 Å². The maximum absolute atomic E-state index is 12.0. The Labute approximate surface area is 140 Å². The molecule has 0 aliphatic rings. The lowest BCUT2D eigenvalue weighted by molar-refractivity contribution is -0.153. The second-order valence-electron chi connectivity index (χ2n) is 5.30. The predicted octanol–water partition coefficient (Wildman–Crippen LogP) is 3.81. The number of thiophene rings is 1. The molecule has 0 spiro atoms. The van der Waals surface area contributed by atoms with Gasteiger partial charge in [-0.2, -0.15) is 11.3 Å². The van der Waals surface area contributed by atoms with Crippen molar-refractivity contribution in [3.05, 3.63) is 52.2 Å². The lowest BCUT2D eigenvalue weighted by atomic mass is 10.1. The van der Waals surface area contributed by atoms with Crippen LogP contribution in [0.3, 0.4) is 0 Å². The van der Waals surface area contributed by atoms with Gasteiger partial charge in [0.05, 0.1) is 0 Å². The van der Waals surface area contributed by atoms with Gasteiger partial charge in [-0.3, -0.25) is 9.59 Å². The number of carbonyl (C=O) groups excluding carboxylic acids is 2. The quantitative estimate of drug-likeness (QED) is 0.785. The number of hydrogen-bond acceptors (Lipinski definition) is 4. The molecule has 2 rings (SSSR count). The minimum Gasteiger partial charge on any atom is -0.453 e. The van der Waals surface area contributed by atoms with Gasteiger partial charge in [-0.15, -0.1) is 0 Å². The molecular formula is C18H21NO3S. The van der Waals surface area contributed by atoms with E-state index in [0.717, 1.165) is 12.0 Å². The standard InChI is InChI=1S/C18H21NO3S/c1-3-14-4-7-16(8-5-14)19-18(21)13(2)22-17(20)9-6-15-10-11-23-12-15/h4-5,7-8,10-13H,3,6,9H2,1-2H3,(H,19,21)/t13-/m1/s1. The van der Waals surface area contributed by atoms with Crippen molar-refractivity contribution in [3.63, 3.8) is 0 Å². The molecule has 122 valence electrons. The van der Waals surface area contributed by atoms with E-state index in [0.29, 0.717) is 12.1 Å². The number of benzene rings is 1. The number of esters is 1. The fourth-order valence-electron chi connectivity index (χ4n) is 2.06. The van der Waals surface area contributed by atoms with E-state index in [1.807, 2.05) is 41.1 Å². The van der Waals surface area contributed by atoms with E-state index in [1.54, 1.807) is 18.3 Å². The molecular weight excluding hydrogens is 310 g/mol. The first-order valence-corrected chi connectivity index (χ1v) is 8.63. The monoisotopic (exact) mass is 331 g/mol. The zero-order chi connectivity index (χ0) is 16.7. The van der Waals surface area contributed by atoms with Crippen LogP contribution in [0.25, 0.3) is 0 Å². The molecule has 0 radical (unpaired) electrons. The van der Waals surface area contributed by atoms with Crippen molar-refractivity contribution in [3.8, 4) is 0 Å². The largest absolute Gasteiger partial charge is 0.453 e. The Hall–Kier alpha value is -2.14. The Morgan fingerprint density at radius 1 is 1.17 bits per heavy atom. The van der Waals surface area contributed by atoms with Crippen LogP contribution >= 0.6 is 11.3 Å². The molecule has 2 aromatic rings. The van der Waals surface area contributed by atoms with E-state index in [1.165, 1.54) is 5.56 Å². The molecule has 0 fully saturated rings. The molecule has 1 heterocycles. The SMILES string of the molecule is CCc1ccc(NC(=O)[C@@H](C)OC(=O)CCc2ccsc2)cc1. The first kappa shape index (κ1) is 17.2. The van der Waals surface area contributed by atoms with Crippen LogP contribution in [0.1, 0.15) is 31.4 Å². The van der Waals surface area contributed by atoms with Crippen LogP contribution in [0.4, 0.5) is 5.69 Å². The number of carbonyl (C=O) groups is 2. The zero-order valence-corrected chi connectivity index (χ0v) is 14.2. The summed E-state index contributed by atoms with van der Waals surface area (Å²) in [6, 6.07) is 9.61. The Balaban J connectivity index is 1.78. The summed E-state index contributed by atoms with van der Waals surface area (Å²) in [5, 5.41) is 6.73. The van der Waals surface area contributed by atoms with E-state index < -0.39 is 6.10 Å². The van der Waals surface area contributed by atoms with Gasteiger partial charge in [-0.1, -0.05) is 19.1 Å². The third-order valence-corrected chi connectivity index (χ3v) is 4.24. The highest BCUT2D eigenvalue weighted by molar-refractivity contribution is 7.07. The van der Waals surface area contributed by atoms with Crippen LogP contribution in [-0.2, 0) is 27.2 Å². The van der Waals surface area contributed by atoms with Gasteiger partial charge in [-0.25, -0.2) is 0 Å². The van der Waals surface area contributed by atoms with Crippen molar-refractivity contribution < 1.29 is 14.3 Å². The van der Waals surface area contributed by atoms with Crippen LogP contribution in [0.2, 0.25) is 0 Å². The van der Waals surface area contributed by atoms with Gasteiger partial charge >= 0.3 is 5.97 Å². The normalized spacial score (nSPS) is 11.7. The number of nitrogens with one attached hydrogen (secondary N) is 1. The van der Waals surface area contributed by atoms with Crippen molar-refractivity contribution in [1.82, 2.24) is 0 Å². The maximum Gasteiger partial charge on any atom is 0.306 e. The minimum atomic E-state index is -0.809. The second kappa shape index (κ2) is 8.48. The number of amides is 1. The van der Waals surface area contributed by atoms with Gasteiger partial charge < -0.3 is 10.1 Å². The molecule has 0 aliphatic heterocycles. The highest BCUT2D eigenvalue weighted by Crippen LogP contribution is 2.12. The van der Waals surface area contributed by atoms with Gasteiger partial charge in [0.1, 0.15) is 0 Å². The van der Waals surface area contributed by atoms with Crippen LogP contribution in [0.15, 0.2) is 41.1 Å². The average Bonchev–Trinajstić information content (AvgIpc) is 3.07. The van der Waals surface area contributed by atoms with Crippen molar-refractivity contribution in [2.24, 2.45) is 0 Å². The molecule has 0 bridgehead atoms. The van der Waals surface area contributed by atoms with Crippen LogP contribution in [0.5, 0.6) is 0 Å². The maximum atomic E-state index is 12.0. The average molecular weight is 331 g/mol. The summed E-state index contributed by atoms with van der Waals surface area (Å²) >= 11 is 1.60. The minimum absolute atomic E-state index is 0.277. The van der Waals surface area contributed by atoms with E-state index >= 15 is 0 Å². The Morgan fingerprint density at radius 3 is 2.52 bits per heavy atom. The number of rotatable bonds is 7. The van der Waals surface area contributed by atoms with E-state index in [-0.39, 0.29) is 18.3 Å². The molecule has 0 unspecified atom stereocenters. The molecule has 1 amide bonds. The number of hydrogen-bond donors (Lipinski definition) is 1. The van der Waals surface area contributed by atoms with Gasteiger partial charge in [0.15, 0.2) is 6.10 Å². The van der Waals surface area contributed by atoms with Crippen LogP contribution < -0.4 is 5.32 Å². The van der Waals surface area contributed by atoms with Crippen molar-refractivity contribution in [2.45, 2.75) is 39.2 Å². The fourth-order valence-corrected chi connectivity index (χ4v) is 2.76. The third kappa shape index (κ3) is 5.53. The zero-order valence-electron chi connectivity index (χ0n) is 13.4. The molecule has 0 saturated carbocycles. The van der Waals surface area contributed by atoms with Crippen molar-refractivity contribution in [2.75, 3.05) is 5.32 Å². The van der Waals surface area contributed by atoms with Gasteiger partial charge in [0.2, 0.25) is 0 Å². The number of aryl methyl sites for hydroxylation is 2. The number of ether oxygens (including phenoxy) is 1. The van der Waals surface area contributed by atoms with Gasteiger partial charge in [0, 0.05) is 12.1 Å². The number of anilines is 1. The summed E-state index contributed by atoms with van der Waals surface area (Å²) < 4.78 is 5.18. The lowest BCUT2D eigenvalue weighted by Crippen LogP contribution is -2.30. The molecule has 23 heavy (non-hydrogen) atoms. The summed E-state index contributed by atoms with van der Waals surface area (Å²) in [6.07, 6.45) is 1.05. The predicted molar refractivity (Wildman–Crippen MR) is 92.6 cm³/mol. The third-order valence-electron chi connectivity index (χ3n) is 3.51. The summed E-state index contributed by atoms with van der Waals surface area (Å²) in [6.45, 7) is 3.66. The van der Waals surface area contributed by atoms with Crippen LogP contribution in [-0.4, -0.2) is 18.0 Å². The van der Waals surface area contributed by atoms with Crippen LogP contribution in [0, 0.1) is 0 Å². The second-order valence-corrected chi connectivity index (χ2v) is 6.08. The molecule has 1 aromatic carbocycles. The first-order valence-electron chi connectivity index (χ1n) is 7.69. The summed E-state index contributed by atoms with van der Waals surface area (Å²) in [7, 11) is 0. The summed E-state index contributed by atoms with van der Waals surface area (Å²) in [4.78, 5) is 23.8. The molecule has 1 atom stereocenters. The molecule has 0 aliphatic carbocycles. The van der Waals surface area contributed by atoms with Crippen molar-refractivity contribution >= 4 is 28.9 Å². The molecule has 5 heteroatoms. The summed E-state index contributed by atoms with van der Waals surface area (Å²) in [5.74, 6) is -0.682. The molecule has 4 nitrogen and oxygen atoms in total. The fraction of sp³-hybridized carbons (Fsp3) is 0.333. The van der Waals surface area contributed by atoms with Gasteiger partial charge in [-0.05, 0) is 59.9 Å². The molecule has 0 saturated heterocycles. The molecule has 1 N–H and O–H groups in total. The highest BCUT2D eigenvalue weighted by atomic mass is 32.1. The first-order chi connectivity index (χ1) is 11.1. The van der Waals surface area contributed by atoms with Crippen molar-refractivity contribution in [1.29, 1.82) is 0 Å². The van der Waals surface area contributed by atoms with Gasteiger partial charge in [0.25, 0.3) is 5.91 Å².